The van der Waals surface area contributed by atoms with Crippen LogP contribution in [0.4, 0.5) is 8.78 Å². The summed E-state index contributed by atoms with van der Waals surface area (Å²) in [5, 5.41) is 3.93. The van der Waals surface area contributed by atoms with E-state index in [4.69, 9.17) is 17.0 Å². The molecule has 2 heterocycles. The SMILES string of the molecule is COC1CCC2(CC1)Cc1ccc(C#CC3CC3)cc1C21NC(=S)N2CC(F)(F)CN=C21. The number of halogens is 2. The molecule has 6 rings (SSSR count). The summed E-state index contributed by atoms with van der Waals surface area (Å²) >= 11 is 5.63. The summed E-state index contributed by atoms with van der Waals surface area (Å²) in [5.41, 5.74) is 2.49. The summed E-state index contributed by atoms with van der Waals surface area (Å²) in [6, 6.07) is 6.44. The van der Waals surface area contributed by atoms with Crippen LogP contribution >= 0.6 is 12.2 Å². The van der Waals surface area contributed by atoms with Crippen molar-refractivity contribution in [2.24, 2.45) is 16.3 Å². The lowest BCUT2D eigenvalue weighted by molar-refractivity contribution is -0.00836. The summed E-state index contributed by atoms with van der Waals surface area (Å²) in [5.74, 6) is 5.01. The third-order valence-corrected chi connectivity index (χ3v) is 8.36. The van der Waals surface area contributed by atoms with E-state index < -0.39 is 24.6 Å². The first-order chi connectivity index (χ1) is 15.4. The van der Waals surface area contributed by atoms with Crippen LogP contribution in [0.5, 0.6) is 0 Å². The Kier molecular flexibility index (Phi) is 4.48. The van der Waals surface area contributed by atoms with Gasteiger partial charge in [0.25, 0.3) is 5.92 Å². The quantitative estimate of drug-likeness (QED) is 0.513. The largest absolute Gasteiger partial charge is 0.381 e. The second-order valence-electron chi connectivity index (χ2n) is 10.1. The molecule has 32 heavy (non-hydrogen) atoms. The van der Waals surface area contributed by atoms with Crippen molar-refractivity contribution in [2.75, 3.05) is 20.2 Å². The van der Waals surface area contributed by atoms with E-state index in [2.05, 4.69) is 40.3 Å². The fourth-order valence-corrected chi connectivity index (χ4v) is 6.55. The van der Waals surface area contributed by atoms with Crippen LogP contribution < -0.4 is 5.32 Å². The molecule has 0 amide bonds. The molecule has 1 saturated heterocycles. The molecule has 0 aromatic heterocycles. The van der Waals surface area contributed by atoms with Gasteiger partial charge in [0.1, 0.15) is 17.9 Å². The number of ether oxygens (including phenoxy) is 1. The van der Waals surface area contributed by atoms with Crippen molar-refractivity contribution in [2.45, 2.75) is 62.5 Å². The van der Waals surface area contributed by atoms with E-state index in [-0.39, 0.29) is 11.5 Å². The summed E-state index contributed by atoms with van der Waals surface area (Å²) in [7, 11) is 1.77. The summed E-state index contributed by atoms with van der Waals surface area (Å²) < 4.78 is 34.2. The van der Waals surface area contributed by atoms with Gasteiger partial charge in [-0.05, 0) is 80.4 Å². The molecule has 2 spiro atoms. The van der Waals surface area contributed by atoms with Gasteiger partial charge in [0.15, 0.2) is 5.11 Å². The number of methoxy groups -OCH3 is 1. The molecule has 1 aromatic rings. The van der Waals surface area contributed by atoms with Gasteiger partial charge >= 0.3 is 0 Å². The number of nitrogens with one attached hydrogen (secondary N) is 1. The zero-order valence-corrected chi connectivity index (χ0v) is 19.0. The minimum absolute atomic E-state index is 0.169. The van der Waals surface area contributed by atoms with Crippen LogP contribution in [0.25, 0.3) is 0 Å². The van der Waals surface area contributed by atoms with E-state index >= 15 is 0 Å². The highest BCUT2D eigenvalue weighted by Crippen LogP contribution is 2.60. The van der Waals surface area contributed by atoms with Gasteiger partial charge in [0, 0.05) is 24.0 Å². The predicted octanol–water partition coefficient (Wildman–Crippen LogP) is 4.01. The Balaban J connectivity index is 1.50. The molecule has 1 unspecified atom stereocenters. The van der Waals surface area contributed by atoms with E-state index in [1.54, 1.807) is 12.0 Å². The normalized spacial score (nSPS) is 34.6. The van der Waals surface area contributed by atoms with Gasteiger partial charge in [0.2, 0.25) is 0 Å². The first kappa shape index (κ1) is 20.6. The summed E-state index contributed by atoms with van der Waals surface area (Å²) in [4.78, 5) is 6.06. The minimum Gasteiger partial charge on any atom is -0.381 e. The maximum Gasteiger partial charge on any atom is 0.284 e. The Morgan fingerprint density at radius 1 is 1.22 bits per heavy atom. The molecule has 0 bridgehead atoms. The summed E-state index contributed by atoms with van der Waals surface area (Å²) in [6.45, 7) is -0.898. The van der Waals surface area contributed by atoms with Gasteiger partial charge in [-0.25, -0.2) is 8.78 Å². The monoisotopic (exact) mass is 455 g/mol. The van der Waals surface area contributed by atoms with Crippen LogP contribution in [0.2, 0.25) is 0 Å². The van der Waals surface area contributed by atoms with E-state index in [0.717, 1.165) is 43.2 Å². The van der Waals surface area contributed by atoms with Crippen LogP contribution in [-0.2, 0) is 16.7 Å². The highest BCUT2D eigenvalue weighted by atomic mass is 32.1. The second kappa shape index (κ2) is 6.98. The van der Waals surface area contributed by atoms with Gasteiger partial charge < -0.3 is 10.1 Å². The van der Waals surface area contributed by atoms with Crippen molar-refractivity contribution in [3.63, 3.8) is 0 Å². The molecule has 7 heteroatoms. The third kappa shape index (κ3) is 2.95. The number of benzene rings is 1. The van der Waals surface area contributed by atoms with Crippen molar-refractivity contribution in [3.05, 3.63) is 34.9 Å². The number of hydrogen-bond donors (Lipinski definition) is 1. The Morgan fingerprint density at radius 3 is 2.72 bits per heavy atom. The van der Waals surface area contributed by atoms with Crippen LogP contribution in [-0.4, -0.2) is 48.1 Å². The highest BCUT2D eigenvalue weighted by molar-refractivity contribution is 7.80. The molecule has 3 fully saturated rings. The van der Waals surface area contributed by atoms with Crippen molar-refractivity contribution in [3.8, 4) is 11.8 Å². The minimum atomic E-state index is -2.87. The maximum atomic E-state index is 14.3. The van der Waals surface area contributed by atoms with Crippen LogP contribution in [0, 0.1) is 23.2 Å². The zero-order chi connectivity index (χ0) is 22.1. The fourth-order valence-electron chi connectivity index (χ4n) is 6.25. The first-order valence-corrected chi connectivity index (χ1v) is 12.0. The van der Waals surface area contributed by atoms with Crippen molar-refractivity contribution < 1.29 is 13.5 Å². The molecule has 1 aromatic carbocycles. The number of rotatable bonds is 1. The molecule has 1 atom stereocenters. The third-order valence-electron chi connectivity index (χ3n) is 8.04. The molecule has 0 radical (unpaired) electrons. The molecular weight excluding hydrogens is 428 g/mol. The highest BCUT2D eigenvalue weighted by Gasteiger charge is 2.67. The number of hydrogen-bond acceptors (Lipinski definition) is 3. The van der Waals surface area contributed by atoms with Crippen molar-refractivity contribution >= 4 is 23.2 Å². The van der Waals surface area contributed by atoms with Crippen molar-refractivity contribution in [1.82, 2.24) is 10.2 Å². The van der Waals surface area contributed by atoms with E-state index in [1.807, 2.05) is 0 Å². The molecule has 3 aliphatic carbocycles. The number of fused-ring (bicyclic) bond motifs is 5. The van der Waals surface area contributed by atoms with Crippen LogP contribution in [0.3, 0.4) is 0 Å². The molecule has 2 aliphatic heterocycles. The number of thiocarbonyl (C=S) groups is 1. The van der Waals surface area contributed by atoms with E-state index in [1.165, 1.54) is 18.4 Å². The molecule has 5 aliphatic rings. The molecular formula is C25H27F2N3OS. The molecule has 2 saturated carbocycles. The lowest BCUT2D eigenvalue weighted by atomic mass is 9.61. The Morgan fingerprint density at radius 2 is 2.00 bits per heavy atom. The number of amidine groups is 1. The van der Waals surface area contributed by atoms with Gasteiger partial charge in [-0.15, -0.1) is 0 Å². The van der Waals surface area contributed by atoms with Crippen molar-refractivity contribution in [1.29, 1.82) is 0 Å². The topological polar surface area (TPSA) is 36.9 Å². The standard InChI is InChI=1S/C25H27F2N3OS/c1-31-19-8-10-23(11-9-19)13-18-7-6-17(5-4-16-2-3-16)12-20(18)25(23)21-28-14-24(26,27)15-30(21)22(32)29-25/h6-7,12,16,19H,2-3,8-11,13-15H2,1H3,(H,29,32). The average Bonchev–Trinajstić information content (AvgIpc) is 3.52. The van der Waals surface area contributed by atoms with Gasteiger partial charge in [-0.2, -0.15) is 0 Å². The lowest BCUT2D eigenvalue weighted by Crippen LogP contribution is -2.58. The predicted molar refractivity (Wildman–Crippen MR) is 123 cm³/mol. The smallest absolute Gasteiger partial charge is 0.284 e. The first-order valence-electron chi connectivity index (χ1n) is 11.6. The molecule has 4 nitrogen and oxygen atoms in total. The van der Waals surface area contributed by atoms with Crippen LogP contribution in [0.15, 0.2) is 23.2 Å². The number of aliphatic imine (C=N–C) groups is 1. The average molecular weight is 456 g/mol. The zero-order valence-electron chi connectivity index (χ0n) is 18.2. The summed E-state index contributed by atoms with van der Waals surface area (Å²) in [6.07, 6.45) is 7.24. The molecule has 168 valence electrons. The molecule has 1 N–H and O–H groups in total. The lowest BCUT2D eigenvalue weighted by Gasteiger charge is -2.48. The van der Waals surface area contributed by atoms with Crippen LogP contribution in [0.1, 0.15) is 55.2 Å². The van der Waals surface area contributed by atoms with Gasteiger partial charge in [-0.1, -0.05) is 17.9 Å². The second-order valence-corrected chi connectivity index (χ2v) is 10.5. The Bertz CT molecular complexity index is 1080. The number of nitrogens with zero attached hydrogens (tertiary/aromatic N) is 2. The van der Waals surface area contributed by atoms with E-state index in [0.29, 0.717) is 16.9 Å². The van der Waals surface area contributed by atoms with Gasteiger partial charge in [0.05, 0.1) is 12.6 Å². The maximum absolute atomic E-state index is 14.3. The fraction of sp³-hybridized carbons (Fsp3) is 0.600. The number of alkyl halides is 2. The Labute approximate surface area is 192 Å². The Hall–Kier alpha value is -2.04. The van der Waals surface area contributed by atoms with E-state index in [9.17, 15) is 8.78 Å². The van der Waals surface area contributed by atoms with Gasteiger partial charge in [-0.3, -0.25) is 9.89 Å².